The zero-order valence-corrected chi connectivity index (χ0v) is 14.1. The Labute approximate surface area is 142 Å². The summed E-state index contributed by atoms with van der Waals surface area (Å²) >= 11 is 9.04. The van der Waals surface area contributed by atoms with Gasteiger partial charge in [0.15, 0.2) is 0 Å². The molecule has 0 aliphatic rings. The predicted octanol–water partition coefficient (Wildman–Crippen LogP) is 2.82. The minimum Gasteiger partial charge on any atom is -0.211 e. The zero-order chi connectivity index (χ0) is 16.2. The van der Waals surface area contributed by atoms with Crippen LogP contribution in [0.2, 0.25) is 0 Å². The van der Waals surface area contributed by atoms with E-state index in [0.29, 0.717) is 13.1 Å². The Morgan fingerprint density at radius 1 is 0.909 bits per heavy atom. The van der Waals surface area contributed by atoms with E-state index in [4.69, 9.17) is 0 Å². The normalized spacial score (nSPS) is 12.8. The van der Waals surface area contributed by atoms with Gasteiger partial charge in [0.2, 0.25) is 12.2 Å². The number of hydrogen-bond acceptors (Lipinski definition) is 6. The number of rotatable bonds is 10. The van der Waals surface area contributed by atoms with Crippen molar-refractivity contribution in [2.45, 2.75) is 36.2 Å². The first-order valence-electron chi connectivity index (χ1n) is 7.17. The molecule has 0 saturated carbocycles. The van der Waals surface area contributed by atoms with E-state index in [1.807, 2.05) is 6.07 Å². The predicted molar refractivity (Wildman–Crippen MR) is 94.6 cm³/mol. The maximum Gasteiger partial charge on any atom is 0.234 e. The van der Waals surface area contributed by atoms with Gasteiger partial charge in [0, 0.05) is 10.5 Å². The largest absolute Gasteiger partial charge is 0.234 e. The highest BCUT2D eigenvalue weighted by molar-refractivity contribution is 7.81. The molecule has 0 spiro atoms. The molecule has 0 saturated heterocycles. The molecule has 22 heavy (non-hydrogen) atoms. The van der Waals surface area contributed by atoms with Crippen molar-refractivity contribution in [2.24, 2.45) is 9.98 Å². The van der Waals surface area contributed by atoms with Gasteiger partial charge in [-0.05, 0) is 36.8 Å². The number of thiol groups is 2. The minimum absolute atomic E-state index is 0.168. The summed E-state index contributed by atoms with van der Waals surface area (Å²) in [6, 6.07) is 8.32. The monoisotopic (exact) mass is 336 g/mol. The molecule has 0 aromatic heterocycles. The minimum atomic E-state index is 0.168. The van der Waals surface area contributed by atoms with Gasteiger partial charge < -0.3 is 0 Å². The Kier molecular flexibility index (Phi) is 9.60. The lowest BCUT2D eigenvalue weighted by Crippen LogP contribution is -2.08. The van der Waals surface area contributed by atoms with Crippen molar-refractivity contribution in [3.63, 3.8) is 0 Å². The van der Waals surface area contributed by atoms with Crippen LogP contribution in [0.5, 0.6) is 0 Å². The Morgan fingerprint density at radius 3 is 1.77 bits per heavy atom. The standard InChI is InChI=1S/C16H20N2O2S2/c19-11-17-6-4-15(21)9-13-2-1-3-14(8-13)10-16(22)5-7-18-12-20/h1-3,8,15-16,21-22H,4-7,9-10H2. The van der Waals surface area contributed by atoms with Crippen LogP contribution in [0.4, 0.5) is 0 Å². The summed E-state index contributed by atoms with van der Waals surface area (Å²) < 4.78 is 0. The second kappa shape index (κ2) is 11.3. The van der Waals surface area contributed by atoms with Crippen LogP contribution in [0.3, 0.4) is 0 Å². The van der Waals surface area contributed by atoms with Crippen LogP contribution in [0.15, 0.2) is 34.3 Å². The van der Waals surface area contributed by atoms with Gasteiger partial charge in [0.1, 0.15) is 0 Å². The smallest absolute Gasteiger partial charge is 0.211 e. The Morgan fingerprint density at radius 2 is 1.36 bits per heavy atom. The van der Waals surface area contributed by atoms with Crippen LogP contribution in [0, 0.1) is 0 Å². The number of isocyanates is 2. The molecular formula is C16H20N2O2S2. The Balaban J connectivity index is 2.50. The molecule has 0 fully saturated rings. The van der Waals surface area contributed by atoms with Crippen molar-refractivity contribution in [1.82, 2.24) is 0 Å². The number of benzene rings is 1. The van der Waals surface area contributed by atoms with Gasteiger partial charge in [0.05, 0.1) is 13.1 Å². The molecule has 0 heterocycles. The topological polar surface area (TPSA) is 58.9 Å². The van der Waals surface area contributed by atoms with Gasteiger partial charge in [-0.15, -0.1) is 0 Å². The Hall–Kier alpha value is -1.32. The molecule has 0 aliphatic heterocycles. The second-order valence-electron chi connectivity index (χ2n) is 5.06. The van der Waals surface area contributed by atoms with Gasteiger partial charge in [0.25, 0.3) is 0 Å². The maximum atomic E-state index is 10.0. The second-order valence-corrected chi connectivity index (χ2v) is 6.52. The fraction of sp³-hybridized carbons (Fsp3) is 0.500. The van der Waals surface area contributed by atoms with Crippen LogP contribution < -0.4 is 0 Å². The molecule has 4 nitrogen and oxygen atoms in total. The van der Waals surface area contributed by atoms with E-state index in [-0.39, 0.29) is 10.5 Å². The third-order valence-corrected chi connectivity index (χ3v) is 4.09. The Bertz CT molecular complexity index is 508. The third-order valence-electron chi connectivity index (χ3n) is 3.21. The summed E-state index contributed by atoms with van der Waals surface area (Å²) in [5.74, 6) is 0. The van der Waals surface area contributed by atoms with Gasteiger partial charge in [-0.3, -0.25) is 0 Å². The van der Waals surface area contributed by atoms with Crippen molar-refractivity contribution in [1.29, 1.82) is 0 Å². The molecule has 0 bridgehead atoms. The van der Waals surface area contributed by atoms with Gasteiger partial charge >= 0.3 is 0 Å². The summed E-state index contributed by atoms with van der Waals surface area (Å²) in [5.41, 5.74) is 2.41. The highest BCUT2D eigenvalue weighted by Gasteiger charge is 2.08. The van der Waals surface area contributed by atoms with Gasteiger partial charge in [-0.1, -0.05) is 24.3 Å². The molecule has 0 amide bonds. The highest BCUT2D eigenvalue weighted by atomic mass is 32.1. The number of aliphatic imine (C=N–C) groups is 2. The van der Waals surface area contributed by atoms with Crippen LogP contribution in [-0.4, -0.2) is 35.7 Å². The van der Waals surface area contributed by atoms with E-state index in [0.717, 1.165) is 25.7 Å². The fourth-order valence-electron chi connectivity index (χ4n) is 2.15. The quantitative estimate of drug-likeness (QED) is 0.392. The molecule has 1 aromatic carbocycles. The molecule has 1 aromatic rings. The molecule has 0 aliphatic carbocycles. The van der Waals surface area contributed by atoms with Gasteiger partial charge in [-0.25, -0.2) is 19.6 Å². The molecular weight excluding hydrogens is 316 g/mol. The fourth-order valence-corrected chi connectivity index (χ4v) is 2.80. The van der Waals surface area contributed by atoms with Crippen LogP contribution in [0.1, 0.15) is 24.0 Å². The van der Waals surface area contributed by atoms with Crippen molar-refractivity contribution in [2.75, 3.05) is 13.1 Å². The van der Waals surface area contributed by atoms with Crippen molar-refractivity contribution < 1.29 is 9.59 Å². The maximum absolute atomic E-state index is 10.0. The summed E-state index contributed by atoms with van der Waals surface area (Å²) in [6.07, 6.45) is 6.24. The van der Waals surface area contributed by atoms with Crippen molar-refractivity contribution in [3.8, 4) is 0 Å². The van der Waals surface area contributed by atoms with Crippen LogP contribution in [0.25, 0.3) is 0 Å². The third kappa shape index (κ3) is 8.20. The van der Waals surface area contributed by atoms with E-state index < -0.39 is 0 Å². The first-order chi connectivity index (χ1) is 10.7. The SMILES string of the molecule is O=C=NCCC(S)Cc1cccc(CC(S)CCN=C=O)c1. The molecule has 6 heteroatoms. The summed E-state index contributed by atoms with van der Waals surface area (Å²) in [6.45, 7) is 0.931. The lowest BCUT2D eigenvalue weighted by Gasteiger charge is -2.12. The molecule has 2 unspecified atom stereocenters. The van der Waals surface area contributed by atoms with Crippen LogP contribution in [-0.2, 0) is 22.4 Å². The van der Waals surface area contributed by atoms with Crippen LogP contribution >= 0.6 is 25.3 Å². The lowest BCUT2D eigenvalue weighted by atomic mass is 10.0. The van der Waals surface area contributed by atoms with Crippen molar-refractivity contribution >= 4 is 37.4 Å². The average Bonchev–Trinajstić information content (AvgIpc) is 2.48. The molecule has 0 radical (unpaired) electrons. The summed E-state index contributed by atoms with van der Waals surface area (Å²) in [5, 5.41) is 0.335. The molecule has 2 atom stereocenters. The first-order valence-corrected chi connectivity index (χ1v) is 8.20. The number of carbonyl (C=O) groups excluding carboxylic acids is 2. The van der Waals surface area contributed by atoms with E-state index in [9.17, 15) is 9.59 Å². The summed E-state index contributed by atoms with van der Waals surface area (Å²) in [7, 11) is 0. The molecule has 0 N–H and O–H groups in total. The number of nitrogens with zero attached hydrogens (tertiary/aromatic N) is 2. The van der Waals surface area contributed by atoms with E-state index in [1.54, 1.807) is 0 Å². The van der Waals surface area contributed by atoms with E-state index >= 15 is 0 Å². The molecule has 1 rings (SSSR count). The molecule has 118 valence electrons. The average molecular weight is 336 g/mol. The number of hydrogen-bond donors (Lipinski definition) is 2. The van der Waals surface area contributed by atoms with Crippen molar-refractivity contribution in [3.05, 3.63) is 35.4 Å². The first kappa shape index (κ1) is 18.7. The van der Waals surface area contributed by atoms with E-state index in [1.165, 1.54) is 23.3 Å². The highest BCUT2D eigenvalue weighted by Crippen LogP contribution is 2.16. The summed E-state index contributed by atoms with van der Waals surface area (Å²) in [4.78, 5) is 27.2. The van der Waals surface area contributed by atoms with E-state index in [2.05, 4.69) is 53.4 Å². The zero-order valence-electron chi connectivity index (χ0n) is 12.3. The lowest BCUT2D eigenvalue weighted by molar-refractivity contribution is 0.561. The van der Waals surface area contributed by atoms with Gasteiger partial charge in [-0.2, -0.15) is 25.3 Å².